The van der Waals surface area contributed by atoms with Gasteiger partial charge in [-0.05, 0) is 48.9 Å². The molecule has 0 aliphatic heterocycles. The van der Waals surface area contributed by atoms with E-state index in [9.17, 15) is 14.4 Å². The highest BCUT2D eigenvalue weighted by Gasteiger charge is 2.17. The third-order valence-corrected chi connectivity index (χ3v) is 7.10. The number of benzene rings is 1. The molecule has 0 aliphatic carbocycles. The molecular formula is C23H20N2O5S2. The Morgan fingerprint density at radius 1 is 1.22 bits per heavy atom. The molecule has 0 aliphatic rings. The molecule has 164 valence electrons. The van der Waals surface area contributed by atoms with Crippen LogP contribution in [0.1, 0.15) is 37.6 Å². The lowest BCUT2D eigenvalue weighted by Gasteiger charge is -2.12. The molecule has 0 bridgehead atoms. The molecule has 3 heterocycles. The quantitative estimate of drug-likeness (QED) is 0.164. The molecular weight excluding hydrogens is 448 g/mol. The van der Waals surface area contributed by atoms with E-state index in [1.807, 2.05) is 19.1 Å². The summed E-state index contributed by atoms with van der Waals surface area (Å²) in [6, 6.07) is 11.9. The number of thioether (sulfide) groups is 1. The van der Waals surface area contributed by atoms with Crippen molar-refractivity contribution in [1.82, 2.24) is 9.55 Å². The second-order valence-electron chi connectivity index (χ2n) is 6.92. The molecule has 0 saturated heterocycles. The van der Waals surface area contributed by atoms with E-state index in [1.54, 1.807) is 18.2 Å². The van der Waals surface area contributed by atoms with Crippen molar-refractivity contribution in [3.8, 4) is 0 Å². The van der Waals surface area contributed by atoms with Crippen molar-refractivity contribution < 1.29 is 18.7 Å². The minimum atomic E-state index is -0.512. The SMILES string of the molecule is CCc1ccc(C(=O)CSc2nc3cc(C(=O)OC)ccc3c(=O)n2Cc2ccco2)s1. The minimum absolute atomic E-state index is 0.0260. The normalized spacial score (nSPS) is 11.1. The fraction of sp³-hybridized carbons (Fsp3) is 0.217. The van der Waals surface area contributed by atoms with Gasteiger partial charge in [0.05, 0.1) is 47.0 Å². The van der Waals surface area contributed by atoms with Gasteiger partial charge in [-0.1, -0.05) is 18.7 Å². The predicted octanol–water partition coefficient (Wildman–Crippen LogP) is 4.42. The Kier molecular flexibility index (Phi) is 6.57. The molecule has 0 N–H and O–H groups in total. The maximum Gasteiger partial charge on any atom is 0.337 e. The van der Waals surface area contributed by atoms with Gasteiger partial charge in [-0.25, -0.2) is 9.78 Å². The Bertz CT molecular complexity index is 1340. The van der Waals surface area contributed by atoms with Crippen molar-refractivity contribution in [2.75, 3.05) is 12.9 Å². The van der Waals surface area contributed by atoms with Gasteiger partial charge in [0, 0.05) is 4.88 Å². The van der Waals surface area contributed by atoms with Crippen molar-refractivity contribution in [3.05, 3.63) is 80.2 Å². The van der Waals surface area contributed by atoms with Crippen LogP contribution >= 0.6 is 23.1 Å². The Labute approximate surface area is 192 Å². The summed E-state index contributed by atoms with van der Waals surface area (Å²) in [7, 11) is 1.29. The standard InChI is InChI=1S/C23H20N2O5S2/c1-3-16-7-9-20(32-16)19(26)13-31-23-24-18-11-14(22(28)29-2)6-8-17(18)21(27)25(23)12-15-5-4-10-30-15/h4-11H,3,12-13H2,1-2H3. The minimum Gasteiger partial charge on any atom is -0.467 e. The van der Waals surface area contributed by atoms with Crippen LogP contribution in [0.2, 0.25) is 0 Å². The number of Topliss-reactive ketones (excluding diaryl/α,β-unsaturated/α-hetero) is 1. The number of carbonyl (C=O) groups excluding carboxylic acids is 2. The molecule has 4 rings (SSSR count). The van der Waals surface area contributed by atoms with Crippen molar-refractivity contribution in [2.45, 2.75) is 25.0 Å². The number of ketones is 1. The van der Waals surface area contributed by atoms with E-state index >= 15 is 0 Å². The van der Waals surface area contributed by atoms with Crippen molar-refractivity contribution >= 4 is 45.8 Å². The summed E-state index contributed by atoms with van der Waals surface area (Å²) in [6.07, 6.45) is 2.42. The van der Waals surface area contributed by atoms with Gasteiger partial charge in [-0.2, -0.15) is 0 Å². The number of methoxy groups -OCH3 is 1. The zero-order valence-corrected chi connectivity index (χ0v) is 19.1. The molecule has 0 saturated carbocycles. The second kappa shape index (κ2) is 9.54. The molecule has 1 aromatic carbocycles. The number of nitrogens with zero attached hydrogens (tertiary/aromatic N) is 2. The molecule has 4 aromatic rings. The number of hydrogen-bond acceptors (Lipinski definition) is 8. The van der Waals surface area contributed by atoms with Crippen molar-refractivity contribution in [2.24, 2.45) is 0 Å². The van der Waals surface area contributed by atoms with Crippen LogP contribution in [0.5, 0.6) is 0 Å². The summed E-state index contributed by atoms with van der Waals surface area (Å²) in [5.74, 6) is 0.193. The van der Waals surface area contributed by atoms with E-state index in [0.717, 1.165) is 11.3 Å². The Morgan fingerprint density at radius 2 is 2.06 bits per heavy atom. The van der Waals surface area contributed by atoms with Crippen LogP contribution < -0.4 is 5.56 Å². The summed E-state index contributed by atoms with van der Waals surface area (Å²) >= 11 is 2.67. The number of hydrogen-bond donors (Lipinski definition) is 0. The number of rotatable bonds is 8. The number of aromatic nitrogens is 2. The topological polar surface area (TPSA) is 91.4 Å². The number of thiophene rings is 1. The lowest BCUT2D eigenvalue weighted by Crippen LogP contribution is -2.24. The van der Waals surface area contributed by atoms with Crippen LogP contribution in [-0.2, 0) is 17.7 Å². The van der Waals surface area contributed by atoms with Gasteiger partial charge in [-0.15, -0.1) is 11.3 Å². The van der Waals surface area contributed by atoms with Gasteiger partial charge in [-0.3, -0.25) is 14.2 Å². The molecule has 9 heteroatoms. The largest absolute Gasteiger partial charge is 0.467 e. The average molecular weight is 469 g/mol. The van der Waals surface area contributed by atoms with Crippen LogP contribution in [0, 0.1) is 0 Å². The van der Waals surface area contributed by atoms with Crippen molar-refractivity contribution in [3.63, 3.8) is 0 Å². The monoisotopic (exact) mass is 468 g/mol. The third kappa shape index (κ3) is 4.53. The number of fused-ring (bicyclic) bond motifs is 1. The molecule has 0 spiro atoms. The number of furan rings is 1. The second-order valence-corrected chi connectivity index (χ2v) is 9.03. The fourth-order valence-electron chi connectivity index (χ4n) is 3.17. The molecule has 32 heavy (non-hydrogen) atoms. The van der Waals surface area contributed by atoms with Gasteiger partial charge >= 0.3 is 5.97 Å². The molecule has 0 atom stereocenters. The summed E-state index contributed by atoms with van der Waals surface area (Å²) < 4.78 is 11.7. The van der Waals surface area contributed by atoms with Gasteiger partial charge in [0.25, 0.3) is 5.56 Å². The summed E-state index contributed by atoms with van der Waals surface area (Å²) in [5.41, 5.74) is 0.392. The first kappa shape index (κ1) is 22.0. The first-order valence-electron chi connectivity index (χ1n) is 9.90. The molecule has 0 radical (unpaired) electrons. The third-order valence-electron chi connectivity index (χ3n) is 4.85. The highest BCUT2D eigenvalue weighted by molar-refractivity contribution is 7.99. The lowest BCUT2D eigenvalue weighted by molar-refractivity contribution is 0.0600. The number of ether oxygens (including phenoxy) is 1. The Balaban J connectivity index is 1.72. The van der Waals surface area contributed by atoms with Crippen LogP contribution in [0.15, 0.2) is 63.1 Å². The molecule has 0 fully saturated rings. The van der Waals surface area contributed by atoms with Crippen molar-refractivity contribution in [1.29, 1.82) is 0 Å². The van der Waals surface area contributed by atoms with E-state index in [0.29, 0.717) is 32.3 Å². The number of esters is 1. The molecule has 7 nitrogen and oxygen atoms in total. The van der Waals surface area contributed by atoms with Crippen LogP contribution in [0.4, 0.5) is 0 Å². The van der Waals surface area contributed by atoms with Crippen LogP contribution in [0.3, 0.4) is 0 Å². The molecule has 0 unspecified atom stereocenters. The highest BCUT2D eigenvalue weighted by atomic mass is 32.2. The van der Waals surface area contributed by atoms with E-state index in [1.165, 1.54) is 53.2 Å². The van der Waals surface area contributed by atoms with Gasteiger partial charge in [0.15, 0.2) is 10.9 Å². The number of aryl methyl sites for hydroxylation is 1. The smallest absolute Gasteiger partial charge is 0.337 e. The van der Waals surface area contributed by atoms with E-state index in [-0.39, 0.29) is 23.6 Å². The van der Waals surface area contributed by atoms with Crippen LogP contribution in [0.25, 0.3) is 10.9 Å². The molecule has 3 aromatic heterocycles. The zero-order chi connectivity index (χ0) is 22.7. The summed E-state index contributed by atoms with van der Waals surface area (Å²) in [4.78, 5) is 44.3. The zero-order valence-electron chi connectivity index (χ0n) is 17.5. The van der Waals surface area contributed by atoms with Gasteiger partial charge in [0.1, 0.15) is 5.76 Å². The predicted molar refractivity (Wildman–Crippen MR) is 124 cm³/mol. The lowest BCUT2D eigenvalue weighted by atomic mass is 10.1. The average Bonchev–Trinajstić information content (AvgIpc) is 3.50. The van der Waals surface area contributed by atoms with E-state index in [2.05, 4.69) is 4.98 Å². The summed E-state index contributed by atoms with van der Waals surface area (Å²) in [6.45, 7) is 2.23. The molecule has 0 amide bonds. The maximum atomic E-state index is 13.3. The fourth-order valence-corrected chi connectivity index (χ4v) is 5.03. The first-order chi connectivity index (χ1) is 15.5. The van der Waals surface area contributed by atoms with Gasteiger partial charge < -0.3 is 9.15 Å². The summed E-state index contributed by atoms with van der Waals surface area (Å²) in [5, 5.41) is 0.743. The van der Waals surface area contributed by atoms with Crippen LogP contribution in [-0.4, -0.2) is 34.2 Å². The number of carbonyl (C=O) groups is 2. The first-order valence-corrected chi connectivity index (χ1v) is 11.7. The highest BCUT2D eigenvalue weighted by Crippen LogP contribution is 2.24. The Hall–Kier alpha value is -3.17. The van der Waals surface area contributed by atoms with Gasteiger partial charge in [0.2, 0.25) is 0 Å². The maximum absolute atomic E-state index is 13.3. The van der Waals surface area contributed by atoms with E-state index in [4.69, 9.17) is 9.15 Å². The van der Waals surface area contributed by atoms with E-state index < -0.39 is 5.97 Å². The Morgan fingerprint density at radius 3 is 2.75 bits per heavy atom.